The monoisotopic (exact) mass is 218 g/mol. The Balaban J connectivity index is 1.82. The van der Waals surface area contributed by atoms with Crippen LogP contribution < -0.4 is 5.73 Å². The molecule has 6 nitrogen and oxygen atoms in total. The highest BCUT2D eigenvalue weighted by atomic mass is 15.3. The Morgan fingerprint density at radius 2 is 2.50 bits per heavy atom. The number of aromatic nitrogens is 5. The van der Waals surface area contributed by atoms with Crippen LogP contribution >= 0.6 is 0 Å². The zero-order valence-electron chi connectivity index (χ0n) is 8.93. The van der Waals surface area contributed by atoms with Crippen molar-refractivity contribution in [3.8, 4) is 0 Å². The van der Waals surface area contributed by atoms with E-state index in [9.17, 15) is 0 Å². The van der Waals surface area contributed by atoms with Gasteiger partial charge < -0.3 is 10.7 Å². The van der Waals surface area contributed by atoms with Crippen LogP contribution in [0.2, 0.25) is 0 Å². The van der Waals surface area contributed by atoms with Gasteiger partial charge in [-0.15, -0.1) is 0 Å². The van der Waals surface area contributed by atoms with Gasteiger partial charge >= 0.3 is 0 Å². The smallest absolute Gasteiger partial charge is 0.137 e. The fourth-order valence-corrected chi connectivity index (χ4v) is 2.11. The molecular formula is C10H14N6. The van der Waals surface area contributed by atoms with Gasteiger partial charge in [0.05, 0.1) is 5.69 Å². The number of fused-ring (bicyclic) bond motifs is 1. The van der Waals surface area contributed by atoms with Crippen LogP contribution in [0.15, 0.2) is 12.7 Å². The summed E-state index contributed by atoms with van der Waals surface area (Å²) in [6.45, 7) is 0.641. The summed E-state index contributed by atoms with van der Waals surface area (Å²) in [6, 6.07) is 0.271. The van der Waals surface area contributed by atoms with Gasteiger partial charge in [0.2, 0.25) is 0 Å². The number of nitrogens with zero attached hydrogens (tertiary/aromatic N) is 4. The molecule has 1 aliphatic carbocycles. The fraction of sp³-hybridized carbons (Fsp3) is 0.500. The maximum absolute atomic E-state index is 5.92. The molecule has 0 aliphatic heterocycles. The first-order chi connectivity index (χ1) is 7.81. The molecule has 1 aliphatic rings. The van der Waals surface area contributed by atoms with Gasteiger partial charge in [-0.25, -0.2) is 14.6 Å². The third kappa shape index (κ3) is 1.71. The maximum atomic E-state index is 5.92. The SMILES string of the molecule is NC1CCc2nc(Cn3cncn3)[nH]c2C1. The summed E-state index contributed by atoms with van der Waals surface area (Å²) in [6.07, 6.45) is 6.12. The van der Waals surface area contributed by atoms with E-state index in [0.29, 0.717) is 6.54 Å². The summed E-state index contributed by atoms with van der Waals surface area (Å²) in [5.74, 6) is 0.935. The summed E-state index contributed by atoms with van der Waals surface area (Å²) >= 11 is 0. The number of imidazole rings is 1. The Labute approximate surface area is 92.9 Å². The number of rotatable bonds is 2. The molecule has 0 saturated carbocycles. The molecule has 0 spiro atoms. The Morgan fingerprint density at radius 3 is 3.31 bits per heavy atom. The lowest BCUT2D eigenvalue weighted by atomic mass is 9.97. The summed E-state index contributed by atoms with van der Waals surface area (Å²) in [7, 11) is 0. The standard InChI is InChI=1S/C10H14N6/c11-7-1-2-8-9(3-7)15-10(14-8)4-16-6-12-5-13-16/h5-7H,1-4,11H2,(H,14,15). The van der Waals surface area contributed by atoms with Gasteiger partial charge in [0, 0.05) is 18.2 Å². The predicted octanol–water partition coefficient (Wildman–Crippen LogP) is -0.135. The van der Waals surface area contributed by atoms with Crippen LogP contribution in [0.1, 0.15) is 23.6 Å². The zero-order valence-corrected chi connectivity index (χ0v) is 8.93. The quantitative estimate of drug-likeness (QED) is 0.735. The van der Waals surface area contributed by atoms with Gasteiger partial charge in [-0.05, 0) is 12.8 Å². The maximum Gasteiger partial charge on any atom is 0.137 e. The highest BCUT2D eigenvalue weighted by molar-refractivity contribution is 5.19. The van der Waals surface area contributed by atoms with Gasteiger partial charge in [-0.3, -0.25) is 0 Å². The van der Waals surface area contributed by atoms with Crippen molar-refractivity contribution >= 4 is 0 Å². The predicted molar refractivity (Wildman–Crippen MR) is 57.7 cm³/mol. The number of nitrogens with two attached hydrogens (primary N) is 1. The van der Waals surface area contributed by atoms with Crippen molar-refractivity contribution in [2.75, 3.05) is 0 Å². The lowest BCUT2D eigenvalue weighted by Crippen LogP contribution is -2.27. The Bertz CT molecular complexity index is 471. The molecule has 0 aromatic carbocycles. The first kappa shape index (κ1) is 9.53. The Kier molecular flexibility index (Phi) is 2.21. The van der Waals surface area contributed by atoms with Crippen molar-refractivity contribution in [2.24, 2.45) is 5.73 Å². The van der Waals surface area contributed by atoms with Gasteiger partial charge in [-0.2, -0.15) is 5.10 Å². The zero-order chi connectivity index (χ0) is 11.0. The van der Waals surface area contributed by atoms with Crippen LogP contribution in [0.25, 0.3) is 0 Å². The minimum absolute atomic E-state index is 0.271. The lowest BCUT2D eigenvalue weighted by molar-refractivity contribution is 0.565. The van der Waals surface area contributed by atoms with Crippen LogP contribution in [-0.4, -0.2) is 30.8 Å². The molecule has 0 radical (unpaired) electrons. The second-order valence-electron chi connectivity index (χ2n) is 4.20. The Hall–Kier alpha value is -1.69. The van der Waals surface area contributed by atoms with Crippen LogP contribution in [-0.2, 0) is 19.4 Å². The van der Waals surface area contributed by atoms with E-state index in [2.05, 4.69) is 20.1 Å². The molecule has 0 fully saturated rings. The minimum Gasteiger partial charge on any atom is -0.344 e. The topological polar surface area (TPSA) is 85.4 Å². The largest absolute Gasteiger partial charge is 0.344 e. The number of hydrogen-bond acceptors (Lipinski definition) is 4. The summed E-state index contributed by atoms with van der Waals surface area (Å²) in [5, 5.41) is 4.05. The molecule has 0 amide bonds. The molecule has 2 aromatic rings. The van der Waals surface area contributed by atoms with Crippen molar-refractivity contribution in [3.63, 3.8) is 0 Å². The number of H-pyrrole nitrogens is 1. The first-order valence-corrected chi connectivity index (χ1v) is 5.46. The van der Waals surface area contributed by atoms with E-state index in [4.69, 9.17) is 5.73 Å². The second kappa shape index (κ2) is 3.71. The molecule has 3 rings (SSSR count). The average Bonchev–Trinajstić information content (AvgIpc) is 2.86. The van der Waals surface area contributed by atoms with Crippen molar-refractivity contribution in [2.45, 2.75) is 31.8 Å². The van der Waals surface area contributed by atoms with Gasteiger partial charge in [0.25, 0.3) is 0 Å². The van der Waals surface area contributed by atoms with Crippen molar-refractivity contribution < 1.29 is 0 Å². The molecule has 2 aromatic heterocycles. The molecule has 16 heavy (non-hydrogen) atoms. The van der Waals surface area contributed by atoms with E-state index in [1.165, 1.54) is 12.0 Å². The second-order valence-corrected chi connectivity index (χ2v) is 4.20. The summed E-state index contributed by atoms with van der Waals surface area (Å²) in [5.41, 5.74) is 8.27. The summed E-state index contributed by atoms with van der Waals surface area (Å²) in [4.78, 5) is 11.8. The molecular weight excluding hydrogens is 204 g/mol. The highest BCUT2D eigenvalue weighted by Crippen LogP contribution is 2.18. The lowest BCUT2D eigenvalue weighted by Gasteiger charge is -2.15. The Morgan fingerprint density at radius 1 is 1.56 bits per heavy atom. The van der Waals surface area contributed by atoms with Gasteiger partial charge in [-0.1, -0.05) is 0 Å². The summed E-state index contributed by atoms with van der Waals surface area (Å²) < 4.78 is 1.75. The molecule has 84 valence electrons. The first-order valence-electron chi connectivity index (χ1n) is 5.46. The third-order valence-electron chi connectivity index (χ3n) is 2.91. The van der Waals surface area contributed by atoms with Crippen molar-refractivity contribution in [3.05, 3.63) is 29.9 Å². The van der Waals surface area contributed by atoms with E-state index in [1.54, 1.807) is 11.0 Å². The third-order valence-corrected chi connectivity index (χ3v) is 2.91. The molecule has 0 saturated heterocycles. The minimum atomic E-state index is 0.271. The van der Waals surface area contributed by atoms with Gasteiger partial charge in [0.1, 0.15) is 25.0 Å². The molecule has 1 unspecified atom stereocenters. The van der Waals surface area contributed by atoms with Crippen LogP contribution in [0, 0.1) is 0 Å². The molecule has 0 bridgehead atoms. The number of nitrogens with one attached hydrogen (secondary N) is 1. The number of aryl methyl sites for hydroxylation is 1. The van der Waals surface area contributed by atoms with E-state index >= 15 is 0 Å². The van der Waals surface area contributed by atoms with E-state index in [0.717, 1.165) is 30.8 Å². The van der Waals surface area contributed by atoms with Gasteiger partial charge in [0.15, 0.2) is 0 Å². The molecule has 1 atom stereocenters. The average molecular weight is 218 g/mol. The number of hydrogen-bond donors (Lipinski definition) is 2. The molecule has 6 heteroatoms. The molecule has 3 N–H and O–H groups in total. The molecule has 2 heterocycles. The van der Waals surface area contributed by atoms with E-state index in [1.807, 2.05) is 0 Å². The van der Waals surface area contributed by atoms with Crippen LogP contribution in [0.5, 0.6) is 0 Å². The van der Waals surface area contributed by atoms with E-state index in [-0.39, 0.29) is 6.04 Å². The van der Waals surface area contributed by atoms with Crippen molar-refractivity contribution in [1.82, 2.24) is 24.7 Å². The number of aromatic amines is 1. The highest BCUT2D eigenvalue weighted by Gasteiger charge is 2.19. The normalized spacial score (nSPS) is 19.7. The van der Waals surface area contributed by atoms with Crippen LogP contribution in [0.4, 0.5) is 0 Å². The van der Waals surface area contributed by atoms with E-state index < -0.39 is 0 Å². The fourth-order valence-electron chi connectivity index (χ4n) is 2.11. The van der Waals surface area contributed by atoms with Crippen LogP contribution in [0.3, 0.4) is 0 Å². The van der Waals surface area contributed by atoms with Crippen molar-refractivity contribution in [1.29, 1.82) is 0 Å².